The smallest absolute Gasteiger partial charge is 0.286 e. The van der Waals surface area contributed by atoms with Crippen molar-refractivity contribution in [1.82, 2.24) is 4.90 Å². The van der Waals surface area contributed by atoms with E-state index in [9.17, 15) is 17.6 Å². The molecule has 0 unspecified atom stereocenters. The Morgan fingerprint density at radius 1 is 1.07 bits per heavy atom. The molecule has 0 N–H and O–H groups in total. The monoisotopic (exact) mass is 429 g/mol. The van der Waals surface area contributed by atoms with Crippen molar-refractivity contribution in [2.75, 3.05) is 18.1 Å². The van der Waals surface area contributed by atoms with E-state index in [1.54, 1.807) is 35.2 Å². The van der Waals surface area contributed by atoms with Crippen molar-refractivity contribution in [3.8, 4) is 0 Å². The van der Waals surface area contributed by atoms with Crippen molar-refractivity contribution in [2.45, 2.75) is 44.0 Å². The molecule has 30 heavy (non-hydrogen) atoms. The average Bonchev–Trinajstić information content (AvgIpc) is 3.00. The summed E-state index contributed by atoms with van der Waals surface area (Å²) in [5.41, 5.74) is 1.57. The Morgan fingerprint density at radius 2 is 1.77 bits per heavy atom. The summed E-state index contributed by atoms with van der Waals surface area (Å²) in [7, 11) is -4.07. The molecule has 2 aliphatic rings. The van der Waals surface area contributed by atoms with Crippen LogP contribution in [0.2, 0.25) is 0 Å². The van der Waals surface area contributed by atoms with Crippen LogP contribution in [0.1, 0.15) is 36.8 Å². The Kier molecular flexibility index (Phi) is 5.60. The first-order valence-electron chi connectivity index (χ1n) is 10.1. The SMILES string of the molecule is Cc1ccc2c(c1)N(Cc1ccccc1F)N=C(C(=O)N1CCCCCC1)S2(=O)=O. The van der Waals surface area contributed by atoms with Crippen LogP contribution in [0.4, 0.5) is 10.1 Å². The molecule has 8 heteroatoms. The number of sulfone groups is 1. The number of hydrazone groups is 1. The summed E-state index contributed by atoms with van der Waals surface area (Å²) < 4.78 is 40.8. The third kappa shape index (κ3) is 3.84. The first kappa shape index (κ1) is 20.5. The summed E-state index contributed by atoms with van der Waals surface area (Å²) in [5, 5.41) is 5.20. The minimum Gasteiger partial charge on any atom is -0.337 e. The Morgan fingerprint density at radius 3 is 2.47 bits per heavy atom. The maximum Gasteiger partial charge on any atom is 0.286 e. The van der Waals surface area contributed by atoms with E-state index in [2.05, 4.69) is 5.10 Å². The molecule has 0 aromatic heterocycles. The van der Waals surface area contributed by atoms with Crippen LogP contribution in [0.15, 0.2) is 52.5 Å². The van der Waals surface area contributed by atoms with Gasteiger partial charge < -0.3 is 4.90 Å². The molecule has 4 rings (SSSR count). The van der Waals surface area contributed by atoms with Gasteiger partial charge in [0.2, 0.25) is 14.9 Å². The van der Waals surface area contributed by atoms with Crippen LogP contribution in [0.3, 0.4) is 0 Å². The lowest BCUT2D eigenvalue weighted by molar-refractivity contribution is -0.123. The number of rotatable bonds is 3. The Labute approximate surface area is 175 Å². The van der Waals surface area contributed by atoms with Gasteiger partial charge in [-0.05, 0) is 43.5 Å². The van der Waals surface area contributed by atoms with E-state index in [0.717, 1.165) is 31.2 Å². The summed E-state index contributed by atoms with van der Waals surface area (Å²) in [6.07, 6.45) is 3.72. The predicted octanol–water partition coefficient (Wildman–Crippen LogP) is 3.64. The second-order valence-corrected chi connectivity index (χ2v) is 9.57. The molecule has 2 aromatic rings. The summed E-state index contributed by atoms with van der Waals surface area (Å²) in [4.78, 5) is 14.8. The zero-order valence-corrected chi connectivity index (χ0v) is 17.7. The van der Waals surface area contributed by atoms with Crippen LogP contribution in [-0.4, -0.2) is 37.4 Å². The highest BCUT2D eigenvalue weighted by Gasteiger charge is 2.39. The molecule has 1 saturated heterocycles. The molecule has 1 fully saturated rings. The number of hydrogen-bond donors (Lipinski definition) is 0. The summed E-state index contributed by atoms with van der Waals surface area (Å²) in [6, 6.07) is 11.2. The van der Waals surface area contributed by atoms with E-state index in [4.69, 9.17) is 0 Å². The van der Waals surface area contributed by atoms with E-state index < -0.39 is 26.6 Å². The van der Waals surface area contributed by atoms with E-state index >= 15 is 0 Å². The lowest BCUT2D eigenvalue weighted by Gasteiger charge is -2.29. The summed E-state index contributed by atoms with van der Waals surface area (Å²) >= 11 is 0. The number of amides is 1. The van der Waals surface area contributed by atoms with Gasteiger partial charge in [-0.15, -0.1) is 0 Å². The number of hydrogen-bond acceptors (Lipinski definition) is 5. The second kappa shape index (κ2) is 8.18. The van der Waals surface area contributed by atoms with Gasteiger partial charge in [-0.2, -0.15) is 5.10 Å². The highest BCUT2D eigenvalue weighted by molar-refractivity contribution is 8.08. The minimum absolute atomic E-state index is 0.0232. The Balaban J connectivity index is 1.79. The van der Waals surface area contributed by atoms with Gasteiger partial charge in [-0.25, -0.2) is 12.8 Å². The van der Waals surface area contributed by atoms with Crippen LogP contribution in [0, 0.1) is 12.7 Å². The highest BCUT2D eigenvalue weighted by atomic mass is 32.2. The van der Waals surface area contributed by atoms with Gasteiger partial charge in [-0.3, -0.25) is 9.80 Å². The van der Waals surface area contributed by atoms with Gasteiger partial charge in [0.1, 0.15) is 5.82 Å². The number of benzene rings is 2. The van der Waals surface area contributed by atoms with Gasteiger partial charge in [-0.1, -0.05) is 37.1 Å². The molecular weight excluding hydrogens is 405 g/mol. The molecular formula is C22H24FN3O3S. The van der Waals surface area contributed by atoms with Gasteiger partial charge in [0.25, 0.3) is 5.91 Å². The number of anilines is 1. The third-order valence-electron chi connectivity index (χ3n) is 5.50. The van der Waals surface area contributed by atoms with Crippen molar-refractivity contribution in [3.05, 3.63) is 59.4 Å². The van der Waals surface area contributed by atoms with Crippen LogP contribution >= 0.6 is 0 Å². The largest absolute Gasteiger partial charge is 0.337 e. The Bertz CT molecular complexity index is 1110. The first-order valence-corrected chi connectivity index (χ1v) is 11.6. The number of fused-ring (bicyclic) bond motifs is 1. The van der Waals surface area contributed by atoms with Crippen LogP contribution < -0.4 is 5.01 Å². The molecule has 0 saturated carbocycles. The fourth-order valence-electron chi connectivity index (χ4n) is 3.85. The van der Waals surface area contributed by atoms with Gasteiger partial charge >= 0.3 is 0 Å². The van der Waals surface area contributed by atoms with Crippen molar-refractivity contribution < 1.29 is 17.6 Å². The molecule has 2 aliphatic heterocycles. The molecule has 1 amide bonds. The van der Waals surface area contributed by atoms with Crippen LogP contribution in [0.25, 0.3) is 0 Å². The van der Waals surface area contributed by atoms with Gasteiger partial charge in [0.05, 0.1) is 17.1 Å². The van der Waals surface area contributed by atoms with Crippen molar-refractivity contribution in [1.29, 1.82) is 0 Å². The lowest BCUT2D eigenvalue weighted by atomic mass is 10.2. The Hall–Kier alpha value is -2.74. The fourth-order valence-corrected chi connectivity index (χ4v) is 5.31. The molecule has 158 valence electrons. The molecule has 0 bridgehead atoms. The fraction of sp³-hybridized carbons (Fsp3) is 0.364. The van der Waals surface area contributed by atoms with Gasteiger partial charge in [0, 0.05) is 18.7 Å². The van der Waals surface area contributed by atoms with E-state index in [1.165, 1.54) is 17.1 Å². The molecule has 2 heterocycles. The summed E-state index contributed by atoms with van der Waals surface area (Å²) in [5.74, 6) is -0.989. The predicted molar refractivity (Wildman–Crippen MR) is 113 cm³/mol. The van der Waals surface area contributed by atoms with Gasteiger partial charge in [0.15, 0.2) is 0 Å². The number of carbonyl (C=O) groups excluding carboxylic acids is 1. The average molecular weight is 430 g/mol. The van der Waals surface area contributed by atoms with Crippen molar-refractivity contribution in [2.24, 2.45) is 5.10 Å². The van der Waals surface area contributed by atoms with E-state index in [1.807, 2.05) is 6.92 Å². The first-order chi connectivity index (χ1) is 14.4. The number of aryl methyl sites for hydroxylation is 1. The molecule has 0 atom stereocenters. The third-order valence-corrected chi connectivity index (χ3v) is 7.19. The van der Waals surface area contributed by atoms with E-state index in [0.29, 0.717) is 24.3 Å². The van der Waals surface area contributed by atoms with Crippen LogP contribution in [-0.2, 0) is 21.2 Å². The minimum atomic E-state index is -4.07. The molecule has 0 radical (unpaired) electrons. The zero-order valence-electron chi connectivity index (χ0n) is 16.8. The maximum absolute atomic E-state index is 14.3. The standard InChI is InChI=1S/C22H24FN3O3S/c1-16-10-11-20-19(14-16)26(15-17-8-4-5-9-18(17)23)24-21(30(20,28)29)22(27)25-12-6-2-3-7-13-25/h4-5,8-11,14H,2-3,6-7,12-13,15H2,1H3. The number of carbonyl (C=O) groups is 1. The van der Waals surface area contributed by atoms with Crippen molar-refractivity contribution >= 4 is 26.5 Å². The summed E-state index contributed by atoms with van der Waals surface area (Å²) in [6.45, 7) is 2.90. The number of likely N-dealkylation sites (tertiary alicyclic amines) is 1. The normalized spacial score (nSPS) is 18.4. The highest BCUT2D eigenvalue weighted by Crippen LogP contribution is 2.34. The zero-order chi connectivity index (χ0) is 21.3. The number of halogens is 1. The van der Waals surface area contributed by atoms with Crippen molar-refractivity contribution in [3.63, 3.8) is 0 Å². The topological polar surface area (TPSA) is 70.1 Å². The van der Waals surface area contributed by atoms with E-state index in [-0.39, 0.29) is 11.4 Å². The lowest BCUT2D eigenvalue weighted by Crippen LogP contribution is -2.43. The second-order valence-electron chi connectivity index (χ2n) is 7.74. The molecule has 0 spiro atoms. The molecule has 0 aliphatic carbocycles. The molecule has 2 aromatic carbocycles. The number of nitrogens with zero attached hydrogens (tertiary/aromatic N) is 3. The molecule has 6 nitrogen and oxygen atoms in total. The van der Waals surface area contributed by atoms with Crippen LogP contribution in [0.5, 0.6) is 0 Å². The maximum atomic E-state index is 14.3. The quantitative estimate of drug-likeness (QED) is 0.747.